The lowest BCUT2D eigenvalue weighted by molar-refractivity contribution is -0.129. The zero-order chi connectivity index (χ0) is 23.7. The van der Waals surface area contributed by atoms with Crippen molar-refractivity contribution >= 4 is 34.1 Å². The van der Waals surface area contributed by atoms with Crippen molar-refractivity contribution in [1.82, 2.24) is 9.47 Å². The Morgan fingerprint density at radius 2 is 1.85 bits per heavy atom. The van der Waals surface area contributed by atoms with E-state index in [9.17, 15) is 19.5 Å². The molecule has 0 atom stereocenters. The third kappa shape index (κ3) is 4.39. The predicted molar refractivity (Wildman–Crippen MR) is 124 cm³/mol. The minimum Gasteiger partial charge on any atom is -0.508 e. The minimum atomic E-state index is -0.639. The lowest BCUT2D eigenvalue weighted by atomic mass is 10.1. The molecule has 8 nitrogen and oxygen atoms in total. The number of aromatic nitrogens is 1. The maximum Gasteiger partial charge on any atom is 0.261 e. The first-order valence-electron chi connectivity index (χ1n) is 10.8. The summed E-state index contributed by atoms with van der Waals surface area (Å²) in [5.41, 5.74) is 0.550. The Bertz CT molecular complexity index is 1300. The van der Waals surface area contributed by atoms with Crippen LogP contribution in [0, 0.1) is 5.82 Å². The van der Waals surface area contributed by atoms with Gasteiger partial charge in [0.05, 0.1) is 11.2 Å². The van der Waals surface area contributed by atoms with Crippen LogP contribution in [0.5, 0.6) is 5.75 Å². The molecule has 1 aromatic heterocycles. The third-order valence-electron chi connectivity index (χ3n) is 5.90. The predicted octanol–water partition coefficient (Wildman–Crippen LogP) is 2.79. The fourth-order valence-corrected chi connectivity index (χ4v) is 4.11. The van der Waals surface area contributed by atoms with Gasteiger partial charge in [0.15, 0.2) is 0 Å². The third-order valence-corrected chi connectivity index (χ3v) is 5.90. The number of carbonyl (C=O) groups excluding carboxylic acids is 2. The molecule has 33 heavy (non-hydrogen) atoms. The number of phenolic OH excluding ortho intramolecular Hbond substituents is 1. The number of piperazine rings is 1. The van der Waals surface area contributed by atoms with Crippen molar-refractivity contribution < 1.29 is 19.1 Å². The number of amides is 2. The second-order valence-corrected chi connectivity index (χ2v) is 7.98. The monoisotopic (exact) mass is 452 g/mol. The van der Waals surface area contributed by atoms with Gasteiger partial charge in [-0.2, -0.15) is 0 Å². The van der Waals surface area contributed by atoms with E-state index in [0.717, 1.165) is 0 Å². The van der Waals surface area contributed by atoms with Crippen molar-refractivity contribution in [1.29, 1.82) is 0 Å². The van der Waals surface area contributed by atoms with Gasteiger partial charge in [-0.3, -0.25) is 14.4 Å². The van der Waals surface area contributed by atoms with Crippen molar-refractivity contribution in [2.75, 3.05) is 36.4 Å². The molecule has 1 aliphatic heterocycles. The molecule has 172 valence electrons. The standard InChI is InChI=1S/C24H25FN4O4/c1-3-27-14-19(24(33)26-16-5-4-6-17(31)11-16)23(32)18-12-20(25)22(13-21(18)27)29-9-7-28(8-10-29)15(2)30/h4-6,11-14,31H,3,7-10H2,1-2H3,(H,26,33). The van der Waals surface area contributed by atoms with Crippen LogP contribution in [0.2, 0.25) is 0 Å². The number of anilines is 2. The van der Waals surface area contributed by atoms with Crippen LogP contribution >= 0.6 is 0 Å². The quantitative estimate of drug-likeness (QED) is 0.635. The molecule has 2 heterocycles. The van der Waals surface area contributed by atoms with Gasteiger partial charge in [0.1, 0.15) is 17.1 Å². The van der Waals surface area contributed by atoms with Gasteiger partial charge in [-0.1, -0.05) is 6.07 Å². The Labute approximate surface area is 189 Å². The van der Waals surface area contributed by atoms with Crippen molar-refractivity contribution in [2.45, 2.75) is 20.4 Å². The SMILES string of the molecule is CCn1cc(C(=O)Nc2cccc(O)c2)c(=O)c2cc(F)c(N3CCN(C(C)=O)CC3)cc21. The molecule has 1 aliphatic rings. The Morgan fingerprint density at radius 1 is 1.12 bits per heavy atom. The van der Waals surface area contributed by atoms with Crippen LogP contribution in [0.15, 0.2) is 47.4 Å². The molecule has 2 amide bonds. The number of phenols is 1. The molecule has 0 bridgehead atoms. The molecule has 0 radical (unpaired) electrons. The zero-order valence-corrected chi connectivity index (χ0v) is 18.5. The summed E-state index contributed by atoms with van der Waals surface area (Å²) >= 11 is 0. The first-order chi connectivity index (χ1) is 15.8. The molecule has 0 aliphatic carbocycles. The summed E-state index contributed by atoms with van der Waals surface area (Å²) in [7, 11) is 0. The molecule has 1 saturated heterocycles. The van der Waals surface area contributed by atoms with Crippen LogP contribution in [0.4, 0.5) is 15.8 Å². The molecule has 2 aromatic carbocycles. The largest absolute Gasteiger partial charge is 0.508 e. The maximum atomic E-state index is 15.1. The summed E-state index contributed by atoms with van der Waals surface area (Å²) in [6, 6.07) is 8.82. The van der Waals surface area contributed by atoms with E-state index >= 15 is 4.39 Å². The van der Waals surface area contributed by atoms with E-state index in [1.807, 2.05) is 11.8 Å². The number of rotatable bonds is 4. The van der Waals surface area contributed by atoms with Crippen LogP contribution in [-0.2, 0) is 11.3 Å². The topological polar surface area (TPSA) is 94.9 Å². The van der Waals surface area contributed by atoms with Gasteiger partial charge in [-0.05, 0) is 31.2 Å². The number of aryl methyl sites for hydroxylation is 1. The van der Waals surface area contributed by atoms with Crippen molar-refractivity contribution in [2.24, 2.45) is 0 Å². The minimum absolute atomic E-state index is 0.00928. The van der Waals surface area contributed by atoms with E-state index in [4.69, 9.17) is 0 Å². The van der Waals surface area contributed by atoms with Crippen LogP contribution in [0.1, 0.15) is 24.2 Å². The Kier molecular flexibility index (Phi) is 6.04. The van der Waals surface area contributed by atoms with Gasteiger partial charge in [-0.25, -0.2) is 4.39 Å². The molecule has 4 rings (SSSR count). The van der Waals surface area contributed by atoms with Gasteiger partial charge in [-0.15, -0.1) is 0 Å². The number of pyridine rings is 1. The van der Waals surface area contributed by atoms with E-state index in [-0.39, 0.29) is 22.6 Å². The highest BCUT2D eigenvalue weighted by atomic mass is 19.1. The number of fused-ring (bicyclic) bond motifs is 1. The van der Waals surface area contributed by atoms with Crippen LogP contribution in [0.3, 0.4) is 0 Å². The molecule has 9 heteroatoms. The fourth-order valence-electron chi connectivity index (χ4n) is 4.11. The van der Waals surface area contributed by atoms with Crippen LogP contribution in [-0.4, -0.2) is 52.6 Å². The van der Waals surface area contributed by atoms with Gasteiger partial charge in [0.25, 0.3) is 5.91 Å². The Hall–Kier alpha value is -3.88. The van der Waals surface area contributed by atoms with Crippen molar-refractivity contribution in [3.8, 4) is 5.75 Å². The lowest BCUT2D eigenvalue weighted by Crippen LogP contribution is -2.48. The molecular formula is C24H25FN4O4. The van der Waals surface area contributed by atoms with Gasteiger partial charge in [0.2, 0.25) is 11.3 Å². The van der Waals surface area contributed by atoms with Crippen molar-refractivity contribution in [3.63, 3.8) is 0 Å². The van der Waals surface area contributed by atoms with E-state index in [2.05, 4.69) is 5.32 Å². The van der Waals surface area contributed by atoms with Gasteiger partial charge in [0, 0.05) is 63.0 Å². The van der Waals surface area contributed by atoms with Crippen LogP contribution in [0.25, 0.3) is 10.9 Å². The Balaban J connectivity index is 1.71. The number of carbonyl (C=O) groups is 2. The highest BCUT2D eigenvalue weighted by Crippen LogP contribution is 2.26. The highest BCUT2D eigenvalue weighted by Gasteiger charge is 2.23. The first-order valence-corrected chi connectivity index (χ1v) is 10.8. The molecule has 0 unspecified atom stereocenters. The molecule has 1 fully saturated rings. The molecule has 0 saturated carbocycles. The number of aromatic hydroxyl groups is 1. The fraction of sp³-hybridized carbons (Fsp3) is 0.292. The summed E-state index contributed by atoms with van der Waals surface area (Å²) in [5, 5.41) is 12.3. The average molecular weight is 452 g/mol. The second kappa shape index (κ2) is 8.93. The van der Waals surface area contributed by atoms with Gasteiger partial charge >= 0.3 is 0 Å². The summed E-state index contributed by atoms with van der Waals surface area (Å²) < 4.78 is 16.8. The van der Waals surface area contributed by atoms with E-state index in [1.54, 1.807) is 27.7 Å². The number of nitrogens with one attached hydrogen (secondary N) is 1. The Morgan fingerprint density at radius 3 is 2.48 bits per heavy atom. The molecule has 0 spiro atoms. The summed E-state index contributed by atoms with van der Waals surface area (Å²) in [6.07, 6.45) is 1.47. The number of hydrogen-bond donors (Lipinski definition) is 2. The molecular weight excluding hydrogens is 427 g/mol. The number of halogens is 1. The molecule has 3 aromatic rings. The van der Waals surface area contributed by atoms with Crippen LogP contribution < -0.4 is 15.6 Å². The normalized spacial score (nSPS) is 13.9. The first kappa shape index (κ1) is 22.3. The number of hydrogen-bond acceptors (Lipinski definition) is 5. The van der Waals surface area contributed by atoms with E-state index in [1.165, 1.54) is 31.3 Å². The highest BCUT2D eigenvalue weighted by molar-refractivity contribution is 6.06. The number of benzene rings is 2. The zero-order valence-electron chi connectivity index (χ0n) is 18.5. The summed E-state index contributed by atoms with van der Waals surface area (Å²) in [4.78, 5) is 41.1. The molecule has 2 N–H and O–H groups in total. The second-order valence-electron chi connectivity index (χ2n) is 7.98. The lowest BCUT2D eigenvalue weighted by Gasteiger charge is -2.36. The van der Waals surface area contributed by atoms with E-state index < -0.39 is 17.2 Å². The number of nitrogens with zero attached hydrogens (tertiary/aromatic N) is 3. The maximum absolute atomic E-state index is 15.1. The summed E-state index contributed by atoms with van der Waals surface area (Å²) in [5.74, 6) is -1.22. The van der Waals surface area contributed by atoms with Gasteiger partial charge < -0.3 is 24.8 Å². The average Bonchev–Trinajstić information content (AvgIpc) is 2.79. The van der Waals surface area contributed by atoms with Crippen molar-refractivity contribution in [3.05, 3.63) is 64.2 Å². The smallest absolute Gasteiger partial charge is 0.261 e. The van der Waals surface area contributed by atoms with E-state index in [0.29, 0.717) is 49.6 Å². The summed E-state index contributed by atoms with van der Waals surface area (Å²) in [6.45, 7) is 5.83.